The summed E-state index contributed by atoms with van der Waals surface area (Å²) in [7, 11) is 1.87. The van der Waals surface area contributed by atoms with E-state index in [4.69, 9.17) is 4.74 Å². The number of aryl methyl sites for hydroxylation is 1. The predicted octanol–water partition coefficient (Wildman–Crippen LogP) is 2.99. The summed E-state index contributed by atoms with van der Waals surface area (Å²) < 4.78 is 28.5. The highest BCUT2D eigenvalue weighted by Crippen LogP contribution is 2.24. The number of halogens is 2. The lowest BCUT2D eigenvalue weighted by Gasteiger charge is -2.14. The molecule has 0 aliphatic rings. The van der Waals surface area contributed by atoms with Crippen molar-refractivity contribution in [1.82, 2.24) is 5.32 Å². The largest absolute Gasteiger partial charge is 0.375 e. The number of ether oxygens (including phenoxy) is 1. The van der Waals surface area contributed by atoms with Crippen molar-refractivity contribution in [3.05, 3.63) is 21.9 Å². The van der Waals surface area contributed by atoms with Crippen LogP contribution in [0, 0.1) is 6.92 Å². The summed E-state index contributed by atoms with van der Waals surface area (Å²) in [5.74, 6) is 0. The summed E-state index contributed by atoms with van der Waals surface area (Å²) in [5.41, 5.74) is 0. The van der Waals surface area contributed by atoms with Gasteiger partial charge in [0, 0.05) is 22.4 Å². The van der Waals surface area contributed by atoms with Crippen LogP contribution in [0.4, 0.5) is 8.78 Å². The van der Waals surface area contributed by atoms with Gasteiger partial charge in [0.25, 0.3) is 6.43 Å². The molecule has 0 aliphatic carbocycles. The van der Waals surface area contributed by atoms with Crippen LogP contribution in [-0.2, 0) is 4.74 Å². The van der Waals surface area contributed by atoms with E-state index in [0.717, 1.165) is 0 Å². The first-order valence-corrected chi connectivity index (χ1v) is 6.04. The van der Waals surface area contributed by atoms with Crippen LogP contribution in [0.25, 0.3) is 0 Å². The third-order valence-electron chi connectivity index (χ3n) is 2.25. The first-order chi connectivity index (χ1) is 7.63. The Kier molecular flexibility index (Phi) is 5.87. The zero-order chi connectivity index (χ0) is 12.0. The van der Waals surface area contributed by atoms with Crippen molar-refractivity contribution in [3.63, 3.8) is 0 Å². The van der Waals surface area contributed by atoms with Crippen molar-refractivity contribution in [2.24, 2.45) is 0 Å². The standard InChI is InChI=1S/C11H17F2NOS/c1-8-3-4-10(16-8)9(14-2)5-6-15-7-11(12)13/h3-4,9,11,14H,5-7H2,1-2H3. The minimum absolute atomic E-state index is 0.191. The van der Waals surface area contributed by atoms with Crippen molar-refractivity contribution in [3.8, 4) is 0 Å². The lowest BCUT2D eigenvalue weighted by Crippen LogP contribution is -2.18. The van der Waals surface area contributed by atoms with E-state index in [0.29, 0.717) is 13.0 Å². The molecule has 0 spiro atoms. The molecule has 16 heavy (non-hydrogen) atoms. The van der Waals surface area contributed by atoms with E-state index in [9.17, 15) is 8.78 Å². The van der Waals surface area contributed by atoms with Gasteiger partial charge in [-0.3, -0.25) is 0 Å². The van der Waals surface area contributed by atoms with Gasteiger partial charge in [0.1, 0.15) is 6.61 Å². The SMILES string of the molecule is CNC(CCOCC(F)F)c1ccc(C)s1. The Labute approximate surface area is 98.6 Å². The first-order valence-electron chi connectivity index (χ1n) is 5.23. The van der Waals surface area contributed by atoms with Gasteiger partial charge in [-0.2, -0.15) is 0 Å². The molecule has 0 aliphatic heterocycles. The lowest BCUT2D eigenvalue weighted by molar-refractivity contribution is 0.0146. The van der Waals surface area contributed by atoms with E-state index in [-0.39, 0.29) is 6.04 Å². The normalized spacial score (nSPS) is 13.3. The number of hydrogen-bond donors (Lipinski definition) is 1. The molecule has 0 saturated carbocycles. The molecule has 0 bridgehead atoms. The molecule has 1 rings (SSSR count). The summed E-state index contributed by atoms with van der Waals surface area (Å²) in [4.78, 5) is 2.48. The molecule has 0 fully saturated rings. The topological polar surface area (TPSA) is 21.3 Å². The Bertz CT molecular complexity index is 304. The second-order valence-electron chi connectivity index (χ2n) is 3.54. The van der Waals surface area contributed by atoms with Gasteiger partial charge in [0.05, 0.1) is 0 Å². The van der Waals surface area contributed by atoms with E-state index in [1.165, 1.54) is 9.75 Å². The number of hydrogen-bond acceptors (Lipinski definition) is 3. The van der Waals surface area contributed by atoms with Crippen LogP contribution >= 0.6 is 11.3 Å². The highest BCUT2D eigenvalue weighted by atomic mass is 32.1. The molecule has 1 aromatic rings. The van der Waals surface area contributed by atoms with Crippen molar-refractivity contribution >= 4 is 11.3 Å². The molecule has 0 radical (unpaired) electrons. The van der Waals surface area contributed by atoms with Crippen LogP contribution < -0.4 is 5.32 Å². The Hall–Kier alpha value is -0.520. The fourth-order valence-electron chi connectivity index (χ4n) is 1.44. The Morgan fingerprint density at radius 2 is 2.19 bits per heavy atom. The number of rotatable bonds is 7. The second kappa shape index (κ2) is 6.93. The quantitative estimate of drug-likeness (QED) is 0.750. The fourth-order valence-corrected chi connectivity index (χ4v) is 2.47. The van der Waals surface area contributed by atoms with Gasteiger partial charge >= 0.3 is 0 Å². The molecule has 92 valence electrons. The van der Waals surface area contributed by atoms with Gasteiger partial charge in [-0.05, 0) is 32.5 Å². The van der Waals surface area contributed by atoms with E-state index in [2.05, 4.69) is 17.4 Å². The molecule has 2 nitrogen and oxygen atoms in total. The van der Waals surface area contributed by atoms with Crippen LogP contribution in [0.2, 0.25) is 0 Å². The molecule has 0 aromatic carbocycles. The third kappa shape index (κ3) is 4.55. The maximum Gasteiger partial charge on any atom is 0.261 e. The monoisotopic (exact) mass is 249 g/mol. The molecule has 1 aromatic heterocycles. The molecule has 1 unspecified atom stereocenters. The summed E-state index contributed by atoms with van der Waals surface area (Å²) in [5, 5.41) is 3.16. The smallest absolute Gasteiger partial charge is 0.261 e. The zero-order valence-electron chi connectivity index (χ0n) is 9.50. The Morgan fingerprint density at radius 3 is 2.69 bits per heavy atom. The summed E-state index contributed by atoms with van der Waals surface area (Å²) in [6.07, 6.45) is -1.67. The second-order valence-corrected chi connectivity index (χ2v) is 4.86. The van der Waals surface area contributed by atoms with E-state index in [1.807, 2.05) is 14.0 Å². The van der Waals surface area contributed by atoms with E-state index < -0.39 is 13.0 Å². The average Bonchev–Trinajstić information content (AvgIpc) is 2.64. The van der Waals surface area contributed by atoms with Crippen molar-refractivity contribution in [1.29, 1.82) is 0 Å². The van der Waals surface area contributed by atoms with Crippen LogP contribution in [0.1, 0.15) is 22.2 Å². The van der Waals surface area contributed by atoms with E-state index in [1.54, 1.807) is 11.3 Å². The van der Waals surface area contributed by atoms with Crippen LogP contribution in [-0.4, -0.2) is 26.7 Å². The maximum absolute atomic E-state index is 11.8. The molecule has 1 N–H and O–H groups in total. The van der Waals surface area contributed by atoms with Gasteiger partial charge in [-0.25, -0.2) is 8.78 Å². The summed E-state index contributed by atoms with van der Waals surface area (Å²) in [6.45, 7) is 1.93. The van der Waals surface area contributed by atoms with Gasteiger partial charge in [0.2, 0.25) is 0 Å². The fraction of sp³-hybridized carbons (Fsp3) is 0.636. The Morgan fingerprint density at radius 1 is 1.44 bits per heavy atom. The average molecular weight is 249 g/mol. The van der Waals surface area contributed by atoms with E-state index >= 15 is 0 Å². The highest BCUT2D eigenvalue weighted by Gasteiger charge is 2.11. The van der Waals surface area contributed by atoms with Crippen molar-refractivity contribution < 1.29 is 13.5 Å². The Balaban J connectivity index is 2.32. The molecule has 0 saturated heterocycles. The van der Waals surface area contributed by atoms with Gasteiger partial charge in [-0.15, -0.1) is 11.3 Å². The first kappa shape index (κ1) is 13.5. The predicted molar refractivity (Wildman–Crippen MR) is 62.3 cm³/mol. The van der Waals surface area contributed by atoms with Crippen LogP contribution in [0.15, 0.2) is 12.1 Å². The van der Waals surface area contributed by atoms with Crippen LogP contribution in [0.5, 0.6) is 0 Å². The maximum atomic E-state index is 11.8. The molecule has 0 amide bonds. The summed E-state index contributed by atoms with van der Waals surface area (Å²) >= 11 is 1.72. The zero-order valence-corrected chi connectivity index (χ0v) is 10.3. The van der Waals surface area contributed by atoms with Crippen molar-refractivity contribution in [2.45, 2.75) is 25.8 Å². The molecule has 1 heterocycles. The van der Waals surface area contributed by atoms with Crippen molar-refractivity contribution in [2.75, 3.05) is 20.3 Å². The lowest BCUT2D eigenvalue weighted by atomic mass is 10.2. The van der Waals surface area contributed by atoms with Crippen LogP contribution in [0.3, 0.4) is 0 Å². The van der Waals surface area contributed by atoms with Gasteiger partial charge in [0.15, 0.2) is 0 Å². The number of alkyl halides is 2. The molecule has 5 heteroatoms. The molecule has 1 atom stereocenters. The third-order valence-corrected chi connectivity index (χ3v) is 3.36. The van der Waals surface area contributed by atoms with Gasteiger partial charge < -0.3 is 10.1 Å². The number of nitrogens with one attached hydrogen (secondary N) is 1. The molecular formula is C11H17F2NOS. The minimum atomic E-state index is -2.38. The highest BCUT2D eigenvalue weighted by molar-refractivity contribution is 7.12. The van der Waals surface area contributed by atoms with Gasteiger partial charge in [-0.1, -0.05) is 0 Å². The minimum Gasteiger partial charge on any atom is -0.375 e. The summed E-state index contributed by atoms with van der Waals surface area (Å²) in [6, 6.07) is 4.31. The molecular weight excluding hydrogens is 232 g/mol. The number of thiophene rings is 1.